The van der Waals surface area contributed by atoms with Crippen molar-refractivity contribution in [2.45, 2.75) is 32.9 Å². The minimum Gasteiger partial charge on any atom is -0.469 e. The lowest BCUT2D eigenvalue weighted by Crippen LogP contribution is -2.15. The molecular formula is C15H16N2O3. The smallest absolute Gasteiger partial charge is 0.343 e. The van der Waals surface area contributed by atoms with Crippen LogP contribution in [0.2, 0.25) is 0 Å². The van der Waals surface area contributed by atoms with Gasteiger partial charge in [0.1, 0.15) is 22.7 Å². The third kappa shape index (κ3) is 1.95. The van der Waals surface area contributed by atoms with Gasteiger partial charge in [-0.2, -0.15) is 0 Å². The van der Waals surface area contributed by atoms with Crippen LogP contribution in [0.5, 0.6) is 0 Å². The van der Waals surface area contributed by atoms with Gasteiger partial charge >= 0.3 is 5.97 Å². The first-order valence-electron chi connectivity index (χ1n) is 6.49. The number of aryl methyl sites for hydroxylation is 1. The van der Waals surface area contributed by atoms with Crippen molar-refractivity contribution < 1.29 is 13.9 Å². The zero-order valence-electron chi connectivity index (χ0n) is 11.7. The summed E-state index contributed by atoms with van der Waals surface area (Å²) in [4.78, 5) is 16.3. The number of hydrogen-bond acceptors (Lipinski definition) is 5. The molecule has 104 valence electrons. The second-order valence-corrected chi connectivity index (χ2v) is 5.34. The second kappa shape index (κ2) is 4.37. The lowest BCUT2D eigenvalue weighted by Gasteiger charge is -2.17. The highest BCUT2D eigenvalue weighted by Gasteiger charge is 2.39. The van der Waals surface area contributed by atoms with Gasteiger partial charge in [0.15, 0.2) is 0 Å². The zero-order chi connectivity index (χ0) is 14.3. The summed E-state index contributed by atoms with van der Waals surface area (Å²) in [5, 5.41) is 3.18. The number of carbonyl (C=O) groups excluding carboxylic acids is 1. The first-order valence-corrected chi connectivity index (χ1v) is 6.49. The third-order valence-electron chi connectivity index (χ3n) is 3.56. The van der Waals surface area contributed by atoms with Gasteiger partial charge in [0.05, 0.1) is 6.26 Å². The van der Waals surface area contributed by atoms with Crippen molar-refractivity contribution in [3.63, 3.8) is 0 Å². The van der Waals surface area contributed by atoms with E-state index in [2.05, 4.69) is 10.3 Å². The van der Waals surface area contributed by atoms with Gasteiger partial charge in [-0.1, -0.05) is 0 Å². The number of carbonyl (C=O) groups is 1. The van der Waals surface area contributed by atoms with Gasteiger partial charge in [0.2, 0.25) is 0 Å². The molecule has 3 rings (SSSR count). The minimum absolute atomic E-state index is 0.329. The lowest BCUT2D eigenvalue weighted by atomic mass is 9.97. The highest BCUT2D eigenvalue weighted by molar-refractivity contribution is 5.99. The molecule has 0 radical (unpaired) electrons. The van der Waals surface area contributed by atoms with Crippen LogP contribution >= 0.6 is 0 Å². The van der Waals surface area contributed by atoms with E-state index in [1.54, 1.807) is 12.5 Å². The summed E-state index contributed by atoms with van der Waals surface area (Å²) in [5.41, 5.74) is 1.83. The number of pyridine rings is 1. The fourth-order valence-electron chi connectivity index (χ4n) is 2.42. The predicted molar refractivity (Wildman–Crippen MR) is 73.5 cm³/mol. The van der Waals surface area contributed by atoms with Gasteiger partial charge in [0, 0.05) is 23.9 Å². The van der Waals surface area contributed by atoms with Crippen LogP contribution in [-0.2, 0) is 16.9 Å². The molecule has 20 heavy (non-hydrogen) atoms. The fraction of sp³-hybridized carbons (Fsp3) is 0.333. The van der Waals surface area contributed by atoms with Crippen molar-refractivity contribution in [1.29, 1.82) is 0 Å². The van der Waals surface area contributed by atoms with E-state index in [0.29, 0.717) is 17.9 Å². The van der Waals surface area contributed by atoms with Gasteiger partial charge in [-0.3, -0.25) is 0 Å². The number of hydrogen-bond donors (Lipinski definition) is 1. The lowest BCUT2D eigenvalue weighted by molar-refractivity contribution is 0.00958. The molecule has 0 fully saturated rings. The Hall–Kier alpha value is -2.30. The molecule has 1 aliphatic heterocycles. The van der Waals surface area contributed by atoms with Crippen molar-refractivity contribution in [2.24, 2.45) is 0 Å². The van der Waals surface area contributed by atoms with Crippen molar-refractivity contribution in [2.75, 3.05) is 5.32 Å². The molecule has 5 heteroatoms. The van der Waals surface area contributed by atoms with Gasteiger partial charge in [-0.15, -0.1) is 0 Å². The van der Waals surface area contributed by atoms with E-state index in [9.17, 15) is 4.79 Å². The molecule has 0 aliphatic carbocycles. The molecule has 0 spiro atoms. The van der Waals surface area contributed by atoms with Gasteiger partial charge in [-0.25, -0.2) is 9.78 Å². The second-order valence-electron chi connectivity index (χ2n) is 5.34. The monoisotopic (exact) mass is 272 g/mol. The summed E-state index contributed by atoms with van der Waals surface area (Å²) in [5.74, 6) is 1.08. The number of rotatable bonds is 3. The van der Waals surface area contributed by atoms with Crippen LogP contribution in [0.15, 0.2) is 29.0 Å². The molecule has 3 heterocycles. The normalized spacial score (nSPS) is 15.8. The Kier molecular flexibility index (Phi) is 2.78. The average Bonchev–Trinajstić information content (AvgIpc) is 2.90. The zero-order valence-corrected chi connectivity index (χ0v) is 11.7. The number of ether oxygens (including phenoxy) is 1. The summed E-state index contributed by atoms with van der Waals surface area (Å²) in [6.45, 7) is 6.21. The number of furan rings is 1. The summed E-state index contributed by atoms with van der Waals surface area (Å²) < 4.78 is 10.6. The van der Waals surface area contributed by atoms with Crippen LogP contribution in [0.25, 0.3) is 0 Å². The number of nitrogens with zero attached hydrogens (tertiary/aromatic N) is 1. The SMILES string of the molecule is Cc1occc1CNc1nccc2c1C(=O)OC2(C)C. The fourth-order valence-corrected chi connectivity index (χ4v) is 2.42. The Morgan fingerprint density at radius 2 is 2.15 bits per heavy atom. The molecule has 1 N–H and O–H groups in total. The van der Waals surface area contributed by atoms with Gasteiger partial charge < -0.3 is 14.5 Å². The van der Waals surface area contributed by atoms with E-state index in [1.807, 2.05) is 32.9 Å². The molecule has 0 unspecified atom stereocenters. The summed E-state index contributed by atoms with van der Waals surface area (Å²) in [6, 6.07) is 3.72. The van der Waals surface area contributed by atoms with Gasteiger partial charge in [-0.05, 0) is 32.9 Å². The van der Waals surface area contributed by atoms with Crippen molar-refractivity contribution in [3.8, 4) is 0 Å². The van der Waals surface area contributed by atoms with E-state index < -0.39 is 5.60 Å². The van der Waals surface area contributed by atoms with Crippen molar-refractivity contribution in [1.82, 2.24) is 4.98 Å². The molecule has 5 nitrogen and oxygen atoms in total. The average molecular weight is 272 g/mol. The molecule has 0 saturated carbocycles. The highest BCUT2D eigenvalue weighted by atomic mass is 16.6. The molecule has 0 atom stereocenters. The molecule has 0 aromatic carbocycles. The van der Waals surface area contributed by atoms with Crippen LogP contribution in [0.3, 0.4) is 0 Å². The van der Waals surface area contributed by atoms with Crippen LogP contribution < -0.4 is 5.32 Å². The van der Waals surface area contributed by atoms with E-state index in [1.165, 1.54) is 0 Å². The van der Waals surface area contributed by atoms with Gasteiger partial charge in [0.25, 0.3) is 0 Å². The van der Waals surface area contributed by atoms with E-state index in [0.717, 1.165) is 16.9 Å². The maximum Gasteiger partial charge on any atom is 0.343 e. The first kappa shape index (κ1) is 12.7. The Morgan fingerprint density at radius 3 is 2.85 bits per heavy atom. The topological polar surface area (TPSA) is 64.4 Å². The molecule has 0 saturated heterocycles. The van der Waals surface area contributed by atoms with Crippen LogP contribution in [0.4, 0.5) is 5.82 Å². The van der Waals surface area contributed by atoms with Crippen molar-refractivity contribution >= 4 is 11.8 Å². The standard InChI is InChI=1S/C15H16N2O3/c1-9-10(5-7-19-9)8-17-13-12-11(4-6-16-13)15(2,3)20-14(12)18/h4-7H,8H2,1-3H3,(H,16,17). The Bertz CT molecular complexity index is 674. The Morgan fingerprint density at radius 1 is 1.35 bits per heavy atom. The van der Waals surface area contributed by atoms with E-state index in [-0.39, 0.29) is 5.97 Å². The summed E-state index contributed by atoms with van der Waals surface area (Å²) in [7, 11) is 0. The molecule has 2 aromatic heterocycles. The van der Waals surface area contributed by atoms with E-state index in [4.69, 9.17) is 9.15 Å². The Labute approximate surface area is 117 Å². The highest BCUT2D eigenvalue weighted by Crippen LogP contribution is 2.38. The predicted octanol–water partition coefficient (Wildman–Crippen LogP) is 3.00. The minimum atomic E-state index is -0.600. The molecule has 0 amide bonds. The Balaban J connectivity index is 1.91. The number of anilines is 1. The largest absolute Gasteiger partial charge is 0.469 e. The number of nitrogens with one attached hydrogen (secondary N) is 1. The number of cyclic esters (lactones) is 1. The first-order chi connectivity index (χ1) is 9.49. The van der Waals surface area contributed by atoms with Crippen LogP contribution in [0.1, 0.15) is 41.1 Å². The maximum absolute atomic E-state index is 12.0. The number of aromatic nitrogens is 1. The van der Waals surface area contributed by atoms with Crippen LogP contribution in [-0.4, -0.2) is 11.0 Å². The maximum atomic E-state index is 12.0. The molecule has 1 aliphatic rings. The summed E-state index contributed by atoms with van der Waals surface area (Å²) in [6.07, 6.45) is 3.33. The van der Waals surface area contributed by atoms with Crippen LogP contribution in [0, 0.1) is 6.92 Å². The number of fused-ring (bicyclic) bond motifs is 1. The quantitative estimate of drug-likeness (QED) is 0.870. The third-order valence-corrected chi connectivity index (χ3v) is 3.56. The number of esters is 1. The summed E-state index contributed by atoms with van der Waals surface area (Å²) >= 11 is 0. The van der Waals surface area contributed by atoms with Crippen molar-refractivity contribution in [3.05, 3.63) is 47.0 Å². The molecule has 0 bridgehead atoms. The van der Waals surface area contributed by atoms with E-state index >= 15 is 0 Å². The molecular weight excluding hydrogens is 256 g/mol. The molecule has 2 aromatic rings.